The van der Waals surface area contributed by atoms with Crippen LogP contribution in [0.2, 0.25) is 0 Å². The number of fused-ring (bicyclic) bond motifs is 4. The van der Waals surface area contributed by atoms with Crippen molar-refractivity contribution in [3.63, 3.8) is 0 Å². The van der Waals surface area contributed by atoms with Gasteiger partial charge in [0.25, 0.3) is 11.4 Å². The number of phenolic OH excluding ortho intramolecular Hbond substituents is 2. The van der Waals surface area contributed by atoms with Gasteiger partial charge in [-0.05, 0) is 96.2 Å². The summed E-state index contributed by atoms with van der Waals surface area (Å²) in [5.41, 5.74) is 13.9. The second-order valence-corrected chi connectivity index (χ2v) is 14.5. The van der Waals surface area contributed by atoms with Crippen molar-refractivity contribution in [1.29, 1.82) is 0 Å². The molecule has 2 amide bonds. The van der Waals surface area contributed by atoms with E-state index in [2.05, 4.69) is 27.7 Å². The molecule has 4 aromatic carbocycles. The molecule has 2 aliphatic carbocycles. The number of nitro benzene ring substituents is 2. The second-order valence-electron chi connectivity index (χ2n) is 14.5. The normalized spacial score (nSPS) is 16.3. The molecule has 0 heterocycles. The van der Waals surface area contributed by atoms with Crippen LogP contribution < -0.4 is 11.5 Å². The smallest absolute Gasteiger partial charge is 0.272 e. The van der Waals surface area contributed by atoms with Crippen molar-refractivity contribution in [3.05, 3.63) is 113 Å². The number of phenols is 2. The average Bonchev–Trinajstić information content (AvgIpc) is 3.34. The van der Waals surface area contributed by atoms with E-state index >= 15 is 0 Å². The maximum Gasteiger partial charge on any atom is 0.272 e. The minimum absolute atomic E-state index is 0.0421. The molecule has 0 saturated heterocycles. The average molecular weight is 665 g/mol. The molecular formula is C37H36N4O8. The number of hydrogen-bond acceptors (Lipinski definition) is 8. The summed E-state index contributed by atoms with van der Waals surface area (Å²) in [7, 11) is 0. The molecule has 0 bridgehead atoms. The predicted octanol–water partition coefficient (Wildman–Crippen LogP) is 6.71. The standard InChI is InChI=1S/C37H36N4O8/c1-17-27(40(46)47)9-7-19(33(38)44)31(17)21-11-23-25(13-29(21)42)37(15-35(23,3)4)16-36(5,6)24-12-22(30(43)14-26(24)37)32-18(2)28(41(48)49)10-8-20(32)34(39)45/h7-14,42-43H,15-16H2,1-6H3,(H2,38,44)(H2,39,45). The van der Waals surface area contributed by atoms with Crippen molar-refractivity contribution < 1.29 is 29.6 Å². The van der Waals surface area contributed by atoms with Gasteiger partial charge in [0.1, 0.15) is 11.5 Å². The SMILES string of the molecule is Cc1c([N+](=O)[O-])ccc(C(N)=O)c1-c1cc2c(cc1O)C1(CC2(C)C)CC(C)(C)c2cc(-c3c(C(N)=O)ccc([N+](=O)[O-])c3C)c(O)cc21. The molecule has 0 unspecified atom stereocenters. The lowest BCUT2D eigenvalue weighted by Gasteiger charge is -2.30. The van der Waals surface area contributed by atoms with Gasteiger partial charge in [0.15, 0.2) is 0 Å². The zero-order valence-corrected chi connectivity index (χ0v) is 27.9. The zero-order valence-electron chi connectivity index (χ0n) is 27.9. The number of carbonyl (C=O) groups excluding carboxylic acids is 2. The number of amides is 2. The number of nitrogens with zero attached hydrogens (tertiary/aromatic N) is 2. The van der Waals surface area contributed by atoms with Gasteiger partial charge < -0.3 is 21.7 Å². The van der Waals surface area contributed by atoms with Gasteiger partial charge in [0.05, 0.1) is 9.85 Å². The van der Waals surface area contributed by atoms with Crippen LogP contribution in [0.1, 0.15) is 94.6 Å². The van der Waals surface area contributed by atoms with Crippen LogP contribution >= 0.6 is 0 Å². The molecular weight excluding hydrogens is 628 g/mol. The number of hydrogen-bond donors (Lipinski definition) is 4. The van der Waals surface area contributed by atoms with Gasteiger partial charge in [0, 0.05) is 62.1 Å². The monoisotopic (exact) mass is 664 g/mol. The maximum atomic E-state index is 12.5. The third-order valence-corrected chi connectivity index (χ3v) is 10.6. The first kappa shape index (κ1) is 33.1. The van der Waals surface area contributed by atoms with Gasteiger partial charge in [-0.3, -0.25) is 29.8 Å². The van der Waals surface area contributed by atoms with E-state index in [0.29, 0.717) is 12.8 Å². The van der Waals surface area contributed by atoms with Crippen LogP contribution in [0.15, 0.2) is 48.5 Å². The van der Waals surface area contributed by atoms with Crippen LogP contribution in [-0.2, 0) is 16.2 Å². The maximum absolute atomic E-state index is 12.5. The van der Waals surface area contributed by atoms with E-state index in [1.165, 1.54) is 38.1 Å². The fourth-order valence-electron chi connectivity index (χ4n) is 8.68. The van der Waals surface area contributed by atoms with Gasteiger partial charge in [-0.25, -0.2) is 0 Å². The molecule has 49 heavy (non-hydrogen) atoms. The lowest BCUT2D eigenvalue weighted by molar-refractivity contribution is -0.385. The number of nitrogens with two attached hydrogens (primary N) is 2. The molecule has 0 fully saturated rings. The number of benzene rings is 4. The first-order chi connectivity index (χ1) is 22.7. The summed E-state index contributed by atoms with van der Waals surface area (Å²) in [4.78, 5) is 47.5. The number of nitro groups is 2. The summed E-state index contributed by atoms with van der Waals surface area (Å²) in [6.07, 6.45) is 1.15. The summed E-state index contributed by atoms with van der Waals surface area (Å²) in [5, 5.41) is 46.9. The van der Waals surface area contributed by atoms with Crippen LogP contribution in [0.4, 0.5) is 11.4 Å². The molecule has 6 N–H and O–H groups in total. The molecule has 0 saturated carbocycles. The Bertz CT molecular complexity index is 2050. The van der Waals surface area contributed by atoms with Crippen molar-refractivity contribution in [2.75, 3.05) is 0 Å². The Morgan fingerprint density at radius 1 is 0.653 bits per heavy atom. The van der Waals surface area contributed by atoms with Gasteiger partial charge >= 0.3 is 0 Å². The molecule has 0 atom stereocenters. The van der Waals surface area contributed by atoms with Crippen molar-refractivity contribution >= 4 is 23.2 Å². The highest BCUT2D eigenvalue weighted by Gasteiger charge is 2.57. The first-order valence-electron chi connectivity index (χ1n) is 15.7. The highest BCUT2D eigenvalue weighted by atomic mass is 16.6. The quantitative estimate of drug-likeness (QED) is 0.128. The minimum atomic E-state index is -0.792. The van der Waals surface area contributed by atoms with Crippen molar-refractivity contribution in [2.45, 2.75) is 70.6 Å². The largest absolute Gasteiger partial charge is 0.507 e. The summed E-state index contributed by atoms with van der Waals surface area (Å²) in [6, 6.07) is 11.9. The molecule has 252 valence electrons. The Balaban J connectivity index is 1.61. The third-order valence-electron chi connectivity index (χ3n) is 10.6. The Morgan fingerprint density at radius 2 is 1.00 bits per heavy atom. The van der Waals surface area contributed by atoms with Gasteiger partial charge in [-0.2, -0.15) is 0 Å². The number of primary amides is 2. The lowest BCUT2D eigenvalue weighted by atomic mass is 9.72. The van der Waals surface area contributed by atoms with E-state index < -0.39 is 37.9 Å². The van der Waals surface area contributed by atoms with Crippen LogP contribution in [0.5, 0.6) is 11.5 Å². The first-order valence-corrected chi connectivity index (χ1v) is 15.7. The Labute approximate surface area is 281 Å². The van der Waals surface area contributed by atoms with Crippen LogP contribution in [0.3, 0.4) is 0 Å². The van der Waals surface area contributed by atoms with E-state index in [1.54, 1.807) is 24.3 Å². The summed E-state index contributed by atoms with van der Waals surface area (Å²) >= 11 is 0. The van der Waals surface area contributed by atoms with Crippen LogP contribution in [-0.4, -0.2) is 31.9 Å². The predicted molar refractivity (Wildman–Crippen MR) is 183 cm³/mol. The fraction of sp³-hybridized carbons (Fsp3) is 0.297. The molecule has 2 aliphatic rings. The number of aromatic hydroxyl groups is 2. The number of carbonyl (C=O) groups is 2. The molecule has 1 spiro atoms. The van der Waals surface area contributed by atoms with E-state index in [9.17, 15) is 40.0 Å². The Kier molecular flexibility index (Phi) is 7.18. The lowest BCUT2D eigenvalue weighted by Crippen LogP contribution is -2.26. The van der Waals surface area contributed by atoms with Gasteiger partial charge in [-0.15, -0.1) is 0 Å². The van der Waals surface area contributed by atoms with E-state index in [1.807, 2.05) is 0 Å². The fourth-order valence-corrected chi connectivity index (χ4v) is 8.68. The van der Waals surface area contributed by atoms with Crippen molar-refractivity contribution in [2.24, 2.45) is 11.5 Å². The topological polar surface area (TPSA) is 213 Å². The molecule has 0 aliphatic heterocycles. The van der Waals surface area contributed by atoms with E-state index in [0.717, 1.165) is 22.3 Å². The second kappa shape index (κ2) is 10.6. The Hall–Kier alpha value is -5.78. The number of rotatable bonds is 6. The van der Waals surface area contributed by atoms with E-state index in [4.69, 9.17) is 11.5 Å². The van der Waals surface area contributed by atoms with Crippen LogP contribution in [0, 0.1) is 34.1 Å². The summed E-state index contributed by atoms with van der Waals surface area (Å²) < 4.78 is 0. The third kappa shape index (κ3) is 4.73. The molecule has 6 rings (SSSR count). The van der Waals surface area contributed by atoms with Crippen LogP contribution in [0.25, 0.3) is 22.3 Å². The van der Waals surface area contributed by atoms with Crippen molar-refractivity contribution in [1.82, 2.24) is 0 Å². The van der Waals surface area contributed by atoms with Gasteiger partial charge in [-0.1, -0.05) is 27.7 Å². The summed E-state index contributed by atoms with van der Waals surface area (Å²) in [5.74, 6) is -1.96. The zero-order chi connectivity index (χ0) is 36.1. The summed E-state index contributed by atoms with van der Waals surface area (Å²) in [6.45, 7) is 11.3. The van der Waals surface area contributed by atoms with Gasteiger partial charge in [0.2, 0.25) is 11.8 Å². The molecule has 12 heteroatoms. The highest BCUT2D eigenvalue weighted by molar-refractivity contribution is 6.03. The molecule has 12 nitrogen and oxygen atoms in total. The Morgan fingerprint density at radius 3 is 1.31 bits per heavy atom. The molecule has 0 radical (unpaired) electrons. The highest BCUT2D eigenvalue weighted by Crippen LogP contribution is 2.65. The van der Waals surface area contributed by atoms with Crippen molar-refractivity contribution in [3.8, 4) is 33.8 Å². The molecule has 4 aromatic rings. The molecule has 0 aromatic heterocycles. The van der Waals surface area contributed by atoms with E-state index in [-0.39, 0.29) is 67.4 Å². The minimum Gasteiger partial charge on any atom is -0.507 e.